The summed E-state index contributed by atoms with van der Waals surface area (Å²) in [6.45, 7) is 0.635. The second-order valence-electron chi connectivity index (χ2n) is 5.36. The van der Waals surface area contributed by atoms with Gasteiger partial charge in [-0.15, -0.1) is 0 Å². The minimum absolute atomic E-state index is 0.215. The van der Waals surface area contributed by atoms with Gasteiger partial charge in [-0.2, -0.15) is 4.98 Å². The third-order valence-electron chi connectivity index (χ3n) is 3.71. The number of nitrogens with one attached hydrogen (secondary N) is 2. The third-order valence-corrected chi connectivity index (χ3v) is 4.10. The van der Waals surface area contributed by atoms with Crippen LogP contribution in [-0.4, -0.2) is 21.6 Å². The third kappa shape index (κ3) is 3.63. The van der Waals surface area contributed by atoms with Gasteiger partial charge in [0.15, 0.2) is 5.82 Å². The molecule has 3 aromatic rings. The average molecular weight is 362 g/mol. The van der Waals surface area contributed by atoms with Crippen molar-refractivity contribution in [3.05, 3.63) is 58.6 Å². The summed E-state index contributed by atoms with van der Waals surface area (Å²) in [4.78, 5) is 8.16. The molecule has 0 fully saturated rings. The van der Waals surface area contributed by atoms with Gasteiger partial charge >= 0.3 is 0 Å². The maximum atomic E-state index is 6.05. The first kappa shape index (κ1) is 16.6. The molecule has 0 radical (unpaired) electrons. The number of benzene rings is 1. The molecule has 5 nitrogen and oxygen atoms in total. The molecular formula is C17H17Cl2N5. The fraction of sp³-hybridized carbons (Fsp3) is 0.176. The summed E-state index contributed by atoms with van der Waals surface area (Å²) in [5.41, 5.74) is 4.14. The van der Waals surface area contributed by atoms with Crippen LogP contribution >= 0.6 is 23.2 Å². The molecule has 1 aromatic carbocycles. The van der Waals surface area contributed by atoms with Crippen molar-refractivity contribution >= 4 is 34.7 Å². The lowest BCUT2D eigenvalue weighted by Gasteiger charge is -2.11. The van der Waals surface area contributed by atoms with Crippen molar-refractivity contribution in [2.75, 3.05) is 17.7 Å². The normalized spacial score (nSPS) is 10.7. The number of hydrogen-bond acceptors (Lipinski definition) is 4. The van der Waals surface area contributed by atoms with Crippen molar-refractivity contribution in [3.63, 3.8) is 0 Å². The zero-order chi connectivity index (χ0) is 17.1. The molecule has 2 N–H and O–H groups in total. The summed E-state index contributed by atoms with van der Waals surface area (Å²) in [5, 5.41) is 7.26. The zero-order valence-electron chi connectivity index (χ0n) is 13.3. The highest BCUT2D eigenvalue weighted by Crippen LogP contribution is 2.25. The lowest BCUT2D eigenvalue weighted by atomic mass is 10.1. The summed E-state index contributed by atoms with van der Waals surface area (Å²) in [6, 6.07) is 10.3. The van der Waals surface area contributed by atoms with Crippen LogP contribution in [0.5, 0.6) is 0 Å². The number of aromatic nitrogens is 3. The first-order valence-electron chi connectivity index (χ1n) is 7.42. The second-order valence-corrected chi connectivity index (χ2v) is 6.13. The van der Waals surface area contributed by atoms with E-state index in [1.54, 1.807) is 6.20 Å². The van der Waals surface area contributed by atoms with E-state index in [0.29, 0.717) is 12.4 Å². The van der Waals surface area contributed by atoms with Crippen molar-refractivity contribution in [1.82, 2.24) is 14.5 Å². The molecule has 0 aliphatic rings. The van der Waals surface area contributed by atoms with E-state index in [9.17, 15) is 0 Å². The number of nitrogens with zero attached hydrogens (tertiary/aromatic N) is 3. The molecule has 0 aliphatic carbocycles. The Kier molecular flexibility index (Phi) is 4.92. The van der Waals surface area contributed by atoms with E-state index < -0.39 is 0 Å². The number of hydrogen-bond donors (Lipinski definition) is 2. The van der Waals surface area contributed by atoms with Crippen LogP contribution < -0.4 is 10.6 Å². The molecule has 0 saturated carbocycles. The fourth-order valence-corrected chi connectivity index (χ4v) is 2.85. The van der Waals surface area contributed by atoms with Crippen LogP contribution in [0, 0.1) is 0 Å². The predicted octanol–water partition coefficient (Wildman–Crippen LogP) is 4.44. The average Bonchev–Trinajstić information content (AvgIpc) is 2.92. The number of halogens is 2. The maximum absolute atomic E-state index is 6.05. The standard InChI is InChI=1S/C17H17Cl2N5/c1-20-14-9-22-17(19)23-16(14)21-8-11-3-5-12(6-4-11)15-7-13(18)10-24(15)2/h3-7,9-10,20H,8H2,1-2H3,(H,21,22,23). The number of anilines is 2. The van der Waals surface area contributed by atoms with Gasteiger partial charge in [0.05, 0.1) is 16.9 Å². The van der Waals surface area contributed by atoms with E-state index in [0.717, 1.165) is 27.5 Å². The molecule has 0 atom stereocenters. The quantitative estimate of drug-likeness (QED) is 0.659. The van der Waals surface area contributed by atoms with Crippen LogP contribution in [0.25, 0.3) is 11.3 Å². The Labute approximate surface area is 150 Å². The Morgan fingerprint density at radius 2 is 1.92 bits per heavy atom. The second kappa shape index (κ2) is 7.11. The molecule has 0 bridgehead atoms. The molecule has 0 amide bonds. The van der Waals surface area contributed by atoms with Gasteiger partial charge in [-0.3, -0.25) is 0 Å². The van der Waals surface area contributed by atoms with Crippen LogP contribution in [0.4, 0.5) is 11.5 Å². The SMILES string of the molecule is CNc1cnc(Cl)nc1NCc1ccc(-c2cc(Cl)cn2C)cc1. The minimum Gasteiger partial charge on any atom is -0.384 e. The van der Waals surface area contributed by atoms with Crippen LogP contribution in [0.1, 0.15) is 5.56 Å². The molecule has 124 valence electrons. The molecule has 0 unspecified atom stereocenters. The molecule has 0 saturated heterocycles. The summed E-state index contributed by atoms with van der Waals surface area (Å²) < 4.78 is 2.01. The highest BCUT2D eigenvalue weighted by molar-refractivity contribution is 6.30. The lowest BCUT2D eigenvalue weighted by Crippen LogP contribution is -2.05. The predicted molar refractivity (Wildman–Crippen MR) is 99.8 cm³/mol. The highest BCUT2D eigenvalue weighted by atomic mass is 35.5. The summed E-state index contributed by atoms with van der Waals surface area (Å²) >= 11 is 11.9. The Balaban J connectivity index is 1.73. The Bertz CT molecular complexity index is 843. The van der Waals surface area contributed by atoms with Gasteiger partial charge in [0.1, 0.15) is 0 Å². The molecule has 0 aliphatic heterocycles. The van der Waals surface area contributed by atoms with Crippen LogP contribution in [-0.2, 0) is 13.6 Å². The van der Waals surface area contributed by atoms with Gasteiger partial charge in [-0.25, -0.2) is 4.98 Å². The van der Waals surface area contributed by atoms with E-state index in [4.69, 9.17) is 23.2 Å². The Hall–Kier alpha value is -2.24. The van der Waals surface area contributed by atoms with E-state index in [1.807, 2.05) is 30.9 Å². The van der Waals surface area contributed by atoms with Crippen molar-refractivity contribution in [2.45, 2.75) is 6.54 Å². The van der Waals surface area contributed by atoms with Gasteiger partial charge < -0.3 is 15.2 Å². The first-order chi connectivity index (χ1) is 11.6. The fourth-order valence-electron chi connectivity index (χ4n) is 2.47. The summed E-state index contributed by atoms with van der Waals surface area (Å²) in [6.07, 6.45) is 3.55. The smallest absolute Gasteiger partial charge is 0.224 e. The van der Waals surface area contributed by atoms with Gasteiger partial charge in [-0.05, 0) is 28.8 Å². The van der Waals surface area contributed by atoms with Gasteiger partial charge in [0.2, 0.25) is 5.28 Å². The van der Waals surface area contributed by atoms with Crippen LogP contribution in [0.3, 0.4) is 0 Å². The molecular weight excluding hydrogens is 345 g/mol. The van der Waals surface area contributed by atoms with Crippen molar-refractivity contribution in [2.24, 2.45) is 7.05 Å². The zero-order valence-corrected chi connectivity index (χ0v) is 14.9. The summed E-state index contributed by atoms with van der Waals surface area (Å²) in [5.74, 6) is 0.677. The Morgan fingerprint density at radius 1 is 1.17 bits per heavy atom. The molecule has 2 aromatic heterocycles. The van der Waals surface area contributed by atoms with Gasteiger partial charge in [-0.1, -0.05) is 35.9 Å². The lowest BCUT2D eigenvalue weighted by molar-refractivity contribution is 0.937. The van der Waals surface area contributed by atoms with E-state index in [-0.39, 0.29) is 5.28 Å². The maximum Gasteiger partial charge on any atom is 0.224 e. The van der Waals surface area contributed by atoms with E-state index >= 15 is 0 Å². The monoisotopic (exact) mass is 361 g/mol. The van der Waals surface area contributed by atoms with Gasteiger partial charge in [0.25, 0.3) is 0 Å². The molecule has 3 rings (SSSR count). The highest BCUT2D eigenvalue weighted by Gasteiger charge is 2.06. The largest absolute Gasteiger partial charge is 0.384 e. The minimum atomic E-state index is 0.215. The number of rotatable bonds is 5. The van der Waals surface area contributed by atoms with Crippen molar-refractivity contribution < 1.29 is 0 Å². The molecule has 7 heteroatoms. The molecule has 0 spiro atoms. The van der Waals surface area contributed by atoms with Crippen LogP contribution in [0.2, 0.25) is 10.3 Å². The molecule has 2 heterocycles. The van der Waals surface area contributed by atoms with Crippen molar-refractivity contribution in [3.8, 4) is 11.3 Å². The van der Waals surface area contributed by atoms with Gasteiger partial charge in [0, 0.05) is 32.5 Å². The summed E-state index contributed by atoms with van der Waals surface area (Å²) in [7, 11) is 3.80. The molecule has 24 heavy (non-hydrogen) atoms. The number of aryl methyl sites for hydroxylation is 1. The van der Waals surface area contributed by atoms with Crippen molar-refractivity contribution in [1.29, 1.82) is 0 Å². The topological polar surface area (TPSA) is 54.8 Å². The van der Waals surface area contributed by atoms with E-state index in [1.165, 1.54) is 0 Å². The van der Waals surface area contributed by atoms with E-state index in [2.05, 4.69) is 44.9 Å². The van der Waals surface area contributed by atoms with Crippen LogP contribution in [0.15, 0.2) is 42.7 Å². The first-order valence-corrected chi connectivity index (χ1v) is 8.18. The Morgan fingerprint density at radius 3 is 2.54 bits per heavy atom.